The van der Waals surface area contributed by atoms with Gasteiger partial charge >= 0.3 is 0 Å². The minimum absolute atomic E-state index is 1.12. The molecule has 1 aromatic carbocycles. The van der Waals surface area contributed by atoms with Crippen molar-refractivity contribution >= 4 is 0 Å². The molecule has 0 amide bonds. The summed E-state index contributed by atoms with van der Waals surface area (Å²) in [4.78, 5) is 0. The standard InChI is InChI=1S/C11H15/c1-4-10-7-6-9(3)8-11(10)5-2/h7-8H,4-5H2,1-3H3. The quantitative estimate of drug-likeness (QED) is 0.603. The van der Waals surface area contributed by atoms with Crippen LogP contribution >= 0.6 is 0 Å². The van der Waals surface area contributed by atoms with E-state index in [0.717, 1.165) is 12.8 Å². The van der Waals surface area contributed by atoms with Gasteiger partial charge in [-0.3, -0.25) is 0 Å². The van der Waals surface area contributed by atoms with Crippen LogP contribution in [0.5, 0.6) is 0 Å². The Labute approximate surface area is 69.3 Å². The molecule has 0 nitrogen and oxygen atoms in total. The van der Waals surface area contributed by atoms with Gasteiger partial charge in [0, 0.05) is 0 Å². The van der Waals surface area contributed by atoms with Crippen LogP contribution < -0.4 is 0 Å². The Morgan fingerprint density at radius 3 is 2.36 bits per heavy atom. The maximum Gasteiger partial charge on any atom is -0.0149 e. The molecule has 0 aromatic heterocycles. The van der Waals surface area contributed by atoms with Gasteiger partial charge in [0.25, 0.3) is 0 Å². The first-order valence-electron chi connectivity index (χ1n) is 4.28. The van der Waals surface area contributed by atoms with Crippen molar-refractivity contribution in [1.29, 1.82) is 0 Å². The lowest BCUT2D eigenvalue weighted by atomic mass is 10.0. The molecule has 0 N–H and O–H groups in total. The summed E-state index contributed by atoms with van der Waals surface area (Å²) in [7, 11) is 0. The number of hydrogen-bond donors (Lipinski definition) is 0. The highest BCUT2D eigenvalue weighted by Crippen LogP contribution is 2.11. The molecule has 0 unspecified atom stereocenters. The molecule has 1 aromatic rings. The molecule has 0 aliphatic heterocycles. The summed E-state index contributed by atoms with van der Waals surface area (Å²) < 4.78 is 0. The second-order valence-electron chi connectivity index (χ2n) is 2.87. The highest BCUT2D eigenvalue weighted by atomic mass is 14.0. The van der Waals surface area contributed by atoms with Gasteiger partial charge in [0.05, 0.1) is 0 Å². The molecule has 0 saturated carbocycles. The van der Waals surface area contributed by atoms with Gasteiger partial charge in [-0.25, -0.2) is 0 Å². The second-order valence-corrected chi connectivity index (χ2v) is 2.87. The fourth-order valence-corrected chi connectivity index (χ4v) is 1.35. The largest absolute Gasteiger partial charge is 0.0613 e. The normalized spacial score (nSPS) is 10.1. The van der Waals surface area contributed by atoms with Crippen LogP contribution in [0.3, 0.4) is 0 Å². The summed E-state index contributed by atoms with van der Waals surface area (Å²) >= 11 is 0. The molecular weight excluding hydrogens is 132 g/mol. The molecule has 1 radical (unpaired) electrons. The third-order valence-electron chi connectivity index (χ3n) is 2.04. The van der Waals surface area contributed by atoms with Gasteiger partial charge in [-0.1, -0.05) is 26.0 Å². The molecule has 59 valence electrons. The van der Waals surface area contributed by atoms with Crippen LogP contribution in [0.4, 0.5) is 0 Å². The van der Waals surface area contributed by atoms with Crippen molar-refractivity contribution in [2.75, 3.05) is 0 Å². The zero-order valence-corrected chi connectivity index (χ0v) is 7.57. The summed E-state index contributed by atoms with van der Waals surface area (Å²) in [6.45, 7) is 6.49. The van der Waals surface area contributed by atoms with Crippen molar-refractivity contribution in [3.63, 3.8) is 0 Å². The highest BCUT2D eigenvalue weighted by Gasteiger charge is 1.97. The van der Waals surface area contributed by atoms with Crippen LogP contribution in [0, 0.1) is 13.0 Å². The third-order valence-corrected chi connectivity index (χ3v) is 2.04. The first-order valence-corrected chi connectivity index (χ1v) is 4.28. The van der Waals surface area contributed by atoms with Crippen LogP contribution in [0.25, 0.3) is 0 Å². The minimum atomic E-state index is 1.12. The van der Waals surface area contributed by atoms with Gasteiger partial charge in [0.15, 0.2) is 0 Å². The van der Waals surface area contributed by atoms with Gasteiger partial charge in [-0.15, -0.1) is 0 Å². The molecule has 0 saturated heterocycles. The maximum atomic E-state index is 3.23. The average molecular weight is 147 g/mol. The monoisotopic (exact) mass is 147 g/mol. The predicted octanol–water partition coefficient (Wildman–Crippen LogP) is 2.92. The predicted molar refractivity (Wildman–Crippen MR) is 48.8 cm³/mol. The molecule has 0 fully saturated rings. The van der Waals surface area contributed by atoms with Gasteiger partial charge in [-0.05, 0) is 42.5 Å². The lowest BCUT2D eigenvalue weighted by molar-refractivity contribution is 1.03. The molecule has 0 spiro atoms. The second kappa shape index (κ2) is 3.56. The maximum absolute atomic E-state index is 3.23. The Balaban J connectivity index is 3.06. The highest BCUT2D eigenvalue weighted by molar-refractivity contribution is 5.30. The Kier molecular flexibility index (Phi) is 2.70. The number of rotatable bonds is 2. The van der Waals surface area contributed by atoms with Crippen LogP contribution in [0.2, 0.25) is 0 Å². The molecule has 0 aliphatic carbocycles. The Bertz CT molecular complexity index is 236. The first-order chi connectivity index (χ1) is 5.27. The van der Waals surface area contributed by atoms with E-state index in [2.05, 4.69) is 39.0 Å². The van der Waals surface area contributed by atoms with E-state index in [0.29, 0.717) is 0 Å². The van der Waals surface area contributed by atoms with Gasteiger partial charge in [0.1, 0.15) is 0 Å². The van der Waals surface area contributed by atoms with E-state index in [1.165, 1.54) is 16.7 Å². The van der Waals surface area contributed by atoms with Gasteiger partial charge in [-0.2, -0.15) is 0 Å². The minimum Gasteiger partial charge on any atom is -0.0613 e. The van der Waals surface area contributed by atoms with E-state index < -0.39 is 0 Å². The van der Waals surface area contributed by atoms with Crippen LogP contribution in [-0.2, 0) is 12.8 Å². The lowest BCUT2D eigenvalue weighted by Gasteiger charge is -2.05. The molecule has 0 bridgehead atoms. The summed E-state index contributed by atoms with van der Waals surface area (Å²) in [5, 5.41) is 0. The van der Waals surface area contributed by atoms with E-state index >= 15 is 0 Å². The van der Waals surface area contributed by atoms with Crippen LogP contribution in [0.1, 0.15) is 30.5 Å². The van der Waals surface area contributed by atoms with E-state index in [1.54, 1.807) is 0 Å². The first kappa shape index (κ1) is 8.32. The van der Waals surface area contributed by atoms with Crippen molar-refractivity contribution in [2.24, 2.45) is 0 Å². The lowest BCUT2D eigenvalue weighted by Crippen LogP contribution is -1.91. The summed E-state index contributed by atoms with van der Waals surface area (Å²) in [6, 6.07) is 7.58. The molecule has 11 heavy (non-hydrogen) atoms. The molecule has 1 rings (SSSR count). The molecule has 0 aliphatic rings. The van der Waals surface area contributed by atoms with Crippen LogP contribution in [-0.4, -0.2) is 0 Å². The zero-order chi connectivity index (χ0) is 8.27. The van der Waals surface area contributed by atoms with E-state index in [-0.39, 0.29) is 0 Å². The Morgan fingerprint density at radius 1 is 1.18 bits per heavy atom. The fourth-order valence-electron chi connectivity index (χ4n) is 1.35. The van der Waals surface area contributed by atoms with Crippen molar-refractivity contribution in [3.05, 3.63) is 34.9 Å². The molecule has 0 heteroatoms. The van der Waals surface area contributed by atoms with E-state index in [1.807, 2.05) is 0 Å². The van der Waals surface area contributed by atoms with Crippen molar-refractivity contribution in [2.45, 2.75) is 33.6 Å². The Morgan fingerprint density at radius 2 is 1.82 bits per heavy atom. The number of hydrogen-bond acceptors (Lipinski definition) is 0. The smallest absolute Gasteiger partial charge is 0.0149 e. The third kappa shape index (κ3) is 1.83. The van der Waals surface area contributed by atoms with Crippen molar-refractivity contribution in [3.8, 4) is 0 Å². The zero-order valence-electron chi connectivity index (χ0n) is 7.57. The number of benzene rings is 1. The Hall–Kier alpha value is -0.780. The molecular formula is C11H15. The molecule has 0 heterocycles. The summed E-state index contributed by atoms with van der Waals surface area (Å²) in [6.07, 6.45) is 2.26. The van der Waals surface area contributed by atoms with Crippen molar-refractivity contribution in [1.82, 2.24) is 0 Å². The van der Waals surface area contributed by atoms with E-state index in [4.69, 9.17) is 0 Å². The van der Waals surface area contributed by atoms with Crippen LogP contribution in [0.15, 0.2) is 12.1 Å². The fraction of sp³-hybridized carbons (Fsp3) is 0.455. The molecule has 0 atom stereocenters. The SMILES string of the molecule is CCc1c[c]c(C)cc1CC. The summed E-state index contributed by atoms with van der Waals surface area (Å²) in [5.74, 6) is 0. The topological polar surface area (TPSA) is 0 Å². The van der Waals surface area contributed by atoms with Gasteiger partial charge < -0.3 is 0 Å². The van der Waals surface area contributed by atoms with E-state index in [9.17, 15) is 0 Å². The summed E-state index contributed by atoms with van der Waals surface area (Å²) in [5.41, 5.74) is 4.17. The van der Waals surface area contributed by atoms with Crippen molar-refractivity contribution < 1.29 is 0 Å². The number of aryl methyl sites for hydroxylation is 3. The average Bonchev–Trinajstić information content (AvgIpc) is 2.04. The van der Waals surface area contributed by atoms with Gasteiger partial charge in [0.2, 0.25) is 0 Å².